The zero-order valence-corrected chi connectivity index (χ0v) is 12.3. The summed E-state index contributed by atoms with van der Waals surface area (Å²) < 4.78 is 5.29. The van der Waals surface area contributed by atoms with Crippen LogP contribution in [0, 0.1) is 0 Å². The van der Waals surface area contributed by atoms with Gasteiger partial charge in [-0.2, -0.15) is 0 Å². The highest BCUT2D eigenvalue weighted by Crippen LogP contribution is 2.27. The first-order valence-corrected chi connectivity index (χ1v) is 6.83. The quantitative estimate of drug-likeness (QED) is 0.686. The van der Waals surface area contributed by atoms with Gasteiger partial charge in [-0.3, -0.25) is 19.8 Å². The van der Waals surface area contributed by atoms with E-state index < -0.39 is 24.3 Å². The molecule has 0 aliphatic heterocycles. The molecule has 1 heterocycles. The number of fused-ring (bicyclic) bond motifs is 1. The molecule has 7 nitrogen and oxygen atoms in total. The lowest BCUT2D eigenvalue weighted by atomic mass is 10.3. The van der Waals surface area contributed by atoms with Gasteiger partial charge in [0.2, 0.25) is 5.91 Å². The van der Waals surface area contributed by atoms with Crippen LogP contribution < -0.4 is 10.2 Å². The monoisotopic (exact) mass is 307 g/mol. The summed E-state index contributed by atoms with van der Waals surface area (Å²) >= 11 is 1.33. The Balaban J connectivity index is 2.05. The number of rotatable bonds is 3. The molecule has 3 amide bonds. The van der Waals surface area contributed by atoms with Gasteiger partial charge >= 0.3 is 12.0 Å². The van der Waals surface area contributed by atoms with Gasteiger partial charge < -0.3 is 4.74 Å². The van der Waals surface area contributed by atoms with E-state index in [2.05, 4.69) is 15.0 Å². The van der Waals surface area contributed by atoms with Crippen LogP contribution in [0.4, 0.5) is 9.93 Å². The van der Waals surface area contributed by atoms with Gasteiger partial charge in [-0.05, 0) is 12.1 Å². The van der Waals surface area contributed by atoms with Crippen molar-refractivity contribution in [3.05, 3.63) is 24.3 Å². The second-order valence-electron chi connectivity index (χ2n) is 4.13. The van der Waals surface area contributed by atoms with Crippen LogP contribution in [0.3, 0.4) is 0 Å². The Bertz CT molecular complexity index is 665. The molecule has 0 aliphatic rings. The number of carbonyl (C=O) groups is 3. The number of urea groups is 1. The Labute approximate surface area is 124 Å². The maximum absolute atomic E-state index is 11.9. The number of thiazole rings is 1. The highest BCUT2D eigenvalue weighted by molar-refractivity contribution is 7.22. The van der Waals surface area contributed by atoms with Gasteiger partial charge in [0.25, 0.3) is 0 Å². The summed E-state index contributed by atoms with van der Waals surface area (Å²) in [4.78, 5) is 39.8. The molecule has 0 atom stereocenters. The zero-order chi connectivity index (χ0) is 15.4. The van der Waals surface area contributed by atoms with Crippen molar-refractivity contribution in [1.82, 2.24) is 10.3 Å². The number of carbonyl (C=O) groups excluding carboxylic acids is 3. The Morgan fingerprint density at radius 3 is 2.71 bits per heavy atom. The van der Waals surface area contributed by atoms with E-state index in [1.54, 1.807) is 0 Å². The average molecular weight is 307 g/mol. The van der Waals surface area contributed by atoms with E-state index in [9.17, 15) is 14.4 Å². The molecule has 0 unspecified atom stereocenters. The molecule has 0 spiro atoms. The number of para-hydroxylation sites is 1. The summed E-state index contributed by atoms with van der Waals surface area (Å²) in [5, 5.41) is 2.56. The van der Waals surface area contributed by atoms with Gasteiger partial charge in [0.1, 0.15) is 6.42 Å². The zero-order valence-electron chi connectivity index (χ0n) is 11.5. The number of benzene rings is 1. The second-order valence-corrected chi connectivity index (χ2v) is 5.14. The van der Waals surface area contributed by atoms with Crippen LogP contribution in [0.2, 0.25) is 0 Å². The fraction of sp³-hybridized carbons (Fsp3) is 0.231. The second kappa shape index (κ2) is 6.31. The van der Waals surface area contributed by atoms with Crippen molar-refractivity contribution in [2.24, 2.45) is 0 Å². The molecule has 2 rings (SSSR count). The molecule has 0 saturated heterocycles. The largest absolute Gasteiger partial charge is 0.469 e. The van der Waals surface area contributed by atoms with E-state index in [1.165, 1.54) is 30.4 Å². The number of esters is 1. The van der Waals surface area contributed by atoms with E-state index in [0.29, 0.717) is 5.13 Å². The molecule has 0 fully saturated rings. The molecule has 0 saturated carbocycles. The van der Waals surface area contributed by atoms with Crippen molar-refractivity contribution in [2.45, 2.75) is 6.42 Å². The molecule has 0 bridgehead atoms. The van der Waals surface area contributed by atoms with Crippen molar-refractivity contribution in [3.8, 4) is 0 Å². The van der Waals surface area contributed by atoms with Crippen molar-refractivity contribution in [2.75, 3.05) is 19.1 Å². The van der Waals surface area contributed by atoms with Crippen LogP contribution in [-0.2, 0) is 14.3 Å². The molecular weight excluding hydrogens is 294 g/mol. The first-order chi connectivity index (χ1) is 10.0. The van der Waals surface area contributed by atoms with Crippen molar-refractivity contribution < 1.29 is 19.1 Å². The van der Waals surface area contributed by atoms with Crippen LogP contribution in [0.1, 0.15) is 6.42 Å². The smallest absolute Gasteiger partial charge is 0.330 e. The predicted molar refractivity (Wildman–Crippen MR) is 78.2 cm³/mol. The van der Waals surface area contributed by atoms with Gasteiger partial charge in [-0.15, -0.1) is 0 Å². The SMILES string of the molecule is COC(=O)CC(=O)NC(=O)N(C)c1nc2ccccc2s1. The molecule has 0 radical (unpaired) electrons. The van der Waals surface area contributed by atoms with Gasteiger partial charge in [-0.1, -0.05) is 23.5 Å². The van der Waals surface area contributed by atoms with E-state index in [1.807, 2.05) is 24.3 Å². The maximum Gasteiger partial charge on any atom is 0.330 e. The van der Waals surface area contributed by atoms with Crippen LogP contribution in [-0.4, -0.2) is 37.0 Å². The standard InChI is InChI=1S/C13H13N3O4S/c1-16(12(19)15-10(17)7-11(18)20-2)13-14-8-5-3-4-6-9(8)21-13/h3-6H,7H2,1-2H3,(H,15,17,19). The summed E-state index contributed by atoms with van der Waals surface area (Å²) in [6.07, 6.45) is -0.504. The van der Waals surface area contributed by atoms with Crippen LogP contribution in [0.5, 0.6) is 0 Å². The number of amides is 3. The number of hydrogen-bond acceptors (Lipinski definition) is 6. The Morgan fingerprint density at radius 1 is 1.33 bits per heavy atom. The predicted octanol–water partition coefficient (Wildman–Crippen LogP) is 1.53. The summed E-state index contributed by atoms with van der Waals surface area (Å²) in [5.41, 5.74) is 0.776. The number of ether oxygens (including phenoxy) is 1. The first-order valence-electron chi connectivity index (χ1n) is 6.01. The Morgan fingerprint density at radius 2 is 2.05 bits per heavy atom. The van der Waals surface area contributed by atoms with Crippen LogP contribution >= 0.6 is 11.3 Å². The molecule has 110 valence electrons. The minimum Gasteiger partial charge on any atom is -0.469 e. The molecule has 1 aromatic carbocycles. The van der Waals surface area contributed by atoms with Crippen molar-refractivity contribution in [1.29, 1.82) is 0 Å². The van der Waals surface area contributed by atoms with Gasteiger partial charge in [0.15, 0.2) is 5.13 Å². The molecule has 0 aliphatic carbocycles. The fourth-order valence-corrected chi connectivity index (χ4v) is 2.47. The number of aromatic nitrogens is 1. The summed E-state index contributed by atoms with van der Waals surface area (Å²) in [7, 11) is 2.67. The van der Waals surface area contributed by atoms with Gasteiger partial charge in [0, 0.05) is 7.05 Å². The summed E-state index contributed by atoms with van der Waals surface area (Å²) in [6, 6.07) is 6.81. The fourth-order valence-electron chi connectivity index (χ4n) is 1.54. The molecule has 1 aromatic heterocycles. The lowest BCUT2D eigenvalue weighted by Gasteiger charge is -2.13. The number of nitrogens with zero attached hydrogens (tertiary/aromatic N) is 2. The summed E-state index contributed by atoms with van der Waals surface area (Å²) in [6.45, 7) is 0. The Kier molecular flexibility index (Phi) is 4.49. The molecular formula is C13H13N3O4S. The van der Waals surface area contributed by atoms with E-state index >= 15 is 0 Å². The average Bonchev–Trinajstić information content (AvgIpc) is 2.89. The van der Waals surface area contributed by atoms with Crippen molar-refractivity contribution in [3.63, 3.8) is 0 Å². The third-order valence-electron chi connectivity index (χ3n) is 2.65. The molecule has 21 heavy (non-hydrogen) atoms. The van der Waals surface area contributed by atoms with Crippen molar-refractivity contribution >= 4 is 44.6 Å². The number of hydrogen-bond donors (Lipinski definition) is 1. The van der Waals surface area contributed by atoms with E-state index in [-0.39, 0.29) is 0 Å². The third-order valence-corrected chi connectivity index (χ3v) is 3.77. The normalized spacial score (nSPS) is 10.2. The highest BCUT2D eigenvalue weighted by atomic mass is 32.1. The number of methoxy groups -OCH3 is 1. The first kappa shape index (κ1) is 14.9. The van der Waals surface area contributed by atoms with Gasteiger partial charge in [-0.25, -0.2) is 9.78 Å². The highest BCUT2D eigenvalue weighted by Gasteiger charge is 2.19. The van der Waals surface area contributed by atoms with E-state index in [4.69, 9.17) is 0 Å². The third kappa shape index (κ3) is 3.54. The van der Waals surface area contributed by atoms with E-state index in [0.717, 1.165) is 10.2 Å². The number of nitrogens with one attached hydrogen (secondary N) is 1. The lowest BCUT2D eigenvalue weighted by Crippen LogP contribution is -2.41. The van der Waals surface area contributed by atoms with Gasteiger partial charge in [0.05, 0.1) is 17.3 Å². The molecule has 2 aromatic rings. The Hall–Kier alpha value is -2.48. The molecule has 1 N–H and O–H groups in total. The topological polar surface area (TPSA) is 88.6 Å². The van der Waals surface area contributed by atoms with Crippen LogP contribution in [0.25, 0.3) is 10.2 Å². The summed E-state index contributed by atoms with van der Waals surface area (Å²) in [5.74, 6) is -1.43. The lowest BCUT2D eigenvalue weighted by molar-refractivity contribution is -0.143. The number of imide groups is 1. The number of anilines is 1. The maximum atomic E-state index is 11.9. The van der Waals surface area contributed by atoms with Crippen LogP contribution in [0.15, 0.2) is 24.3 Å². The minimum atomic E-state index is -0.722. The minimum absolute atomic E-state index is 0.458. The molecule has 8 heteroatoms.